The van der Waals surface area contributed by atoms with Gasteiger partial charge in [0.15, 0.2) is 5.15 Å². The molecule has 0 unspecified atom stereocenters. The van der Waals surface area contributed by atoms with Crippen LogP contribution in [0.3, 0.4) is 0 Å². The van der Waals surface area contributed by atoms with E-state index in [1.807, 2.05) is 28.8 Å². The number of rotatable bonds is 2. The van der Waals surface area contributed by atoms with Crippen molar-refractivity contribution in [3.05, 3.63) is 35.7 Å². The van der Waals surface area contributed by atoms with Crippen LogP contribution in [0.15, 0.2) is 30.6 Å². The number of benzene rings is 1. The molecule has 0 bridgehead atoms. The van der Waals surface area contributed by atoms with Crippen molar-refractivity contribution in [2.75, 3.05) is 0 Å². The van der Waals surface area contributed by atoms with Crippen molar-refractivity contribution in [3.8, 4) is 0 Å². The first-order valence-electron chi connectivity index (χ1n) is 6.07. The van der Waals surface area contributed by atoms with Crippen molar-refractivity contribution in [2.45, 2.75) is 26.0 Å². The summed E-state index contributed by atoms with van der Waals surface area (Å²) in [5.74, 6) is 0. The van der Waals surface area contributed by atoms with Crippen LogP contribution >= 0.6 is 11.6 Å². The number of halogens is 1. The van der Waals surface area contributed by atoms with Crippen LogP contribution in [0.4, 0.5) is 0 Å². The SMILES string of the molecule is CC(C)(O)Cn1cnc2c(Cl)nc3ccccc3c21. The summed E-state index contributed by atoms with van der Waals surface area (Å²) in [6, 6.07) is 7.79. The second kappa shape index (κ2) is 4.18. The lowest BCUT2D eigenvalue weighted by molar-refractivity contribution is 0.0627. The van der Waals surface area contributed by atoms with Crippen molar-refractivity contribution in [2.24, 2.45) is 0 Å². The van der Waals surface area contributed by atoms with E-state index in [-0.39, 0.29) is 0 Å². The molecule has 3 rings (SSSR count). The number of fused-ring (bicyclic) bond motifs is 3. The molecule has 1 aromatic carbocycles. The third-order valence-electron chi connectivity index (χ3n) is 2.97. The van der Waals surface area contributed by atoms with Crippen LogP contribution in [-0.2, 0) is 6.54 Å². The summed E-state index contributed by atoms with van der Waals surface area (Å²) in [7, 11) is 0. The van der Waals surface area contributed by atoms with E-state index in [0.29, 0.717) is 17.2 Å². The normalized spacial score (nSPS) is 12.4. The Hall–Kier alpha value is -1.65. The van der Waals surface area contributed by atoms with Crippen LogP contribution in [0, 0.1) is 0 Å². The Morgan fingerprint density at radius 3 is 2.79 bits per heavy atom. The van der Waals surface area contributed by atoms with Crippen LogP contribution in [0.25, 0.3) is 21.9 Å². The zero-order valence-electron chi connectivity index (χ0n) is 10.8. The molecular formula is C14H14ClN3O. The topological polar surface area (TPSA) is 50.9 Å². The molecule has 0 atom stereocenters. The molecule has 0 saturated carbocycles. The highest BCUT2D eigenvalue weighted by molar-refractivity contribution is 6.35. The fraction of sp³-hybridized carbons (Fsp3) is 0.286. The number of aromatic nitrogens is 3. The Morgan fingerprint density at radius 2 is 2.05 bits per heavy atom. The molecule has 3 aromatic rings. The Bertz CT molecular complexity index is 758. The number of para-hydroxylation sites is 1. The minimum Gasteiger partial charge on any atom is -0.389 e. The number of hydrogen-bond donors (Lipinski definition) is 1. The fourth-order valence-electron chi connectivity index (χ4n) is 2.28. The molecule has 4 nitrogen and oxygen atoms in total. The van der Waals surface area contributed by atoms with Gasteiger partial charge < -0.3 is 9.67 Å². The maximum atomic E-state index is 9.99. The lowest BCUT2D eigenvalue weighted by Gasteiger charge is -2.18. The molecule has 1 N–H and O–H groups in total. The first kappa shape index (κ1) is 12.4. The van der Waals surface area contributed by atoms with E-state index in [1.54, 1.807) is 20.2 Å². The molecule has 0 amide bonds. The first-order chi connectivity index (χ1) is 8.96. The number of aliphatic hydroxyl groups is 1. The van der Waals surface area contributed by atoms with E-state index >= 15 is 0 Å². The van der Waals surface area contributed by atoms with Crippen LogP contribution in [0.5, 0.6) is 0 Å². The molecule has 2 heterocycles. The minimum atomic E-state index is -0.815. The molecule has 2 aromatic heterocycles. The second-order valence-corrected chi connectivity index (χ2v) is 5.66. The van der Waals surface area contributed by atoms with E-state index in [4.69, 9.17) is 11.6 Å². The van der Waals surface area contributed by atoms with E-state index in [1.165, 1.54) is 0 Å². The summed E-state index contributed by atoms with van der Waals surface area (Å²) in [6.45, 7) is 3.99. The zero-order chi connectivity index (χ0) is 13.6. The van der Waals surface area contributed by atoms with Gasteiger partial charge in [-0.05, 0) is 19.9 Å². The van der Waals surface area contributed by atoms with Gasteiger partial charge in [-0.15, -0.1) is 0 Å². The molecular weight excluding hydrogens is 262 g/mol. The summed E-state index contributed by atoms with van der Waals surface area (Å²) >= 11 is 6.17. The van der Waals surface area contributed by atoms with Crippen molar-refractivity contribution < 1.29 is 5.11 Å². The fourth-order valence-corrected chi connectivity index (χ4v) is 2.51. The molecule has 98 valence electrons. The predicted octanol–water partition coefficient (Wildman–Crippen LogP) is 3.01. The number of pyridine rings is 1. The summed E-state index contributed by atoms with van der Waals surface area (Å²) in [5.41, 5.74) is 1.60. The van der Waals surface area contributed by atoms with Gasteiger partial charge in [-0.3, -0.25) is 0 Å². The summed E-state index contributed by atoms with van der Waals surface area (Å²) in [6.07, 6.45) is 1.70. The third kappa shape index (κ3) is 2.17. The lowest BCUT2D eigenvalue weighted by atomic mass is 10.1. The van der Waals surface area contributed by atoms with Gasteiger partial charge in [0, 0.05) is 5.39 Å². The smallest absolute Gasteiger partial charge is 0.157 e. The highest BCUT2D eigenvalue weighted by Gasteiger charge is 2.18. The van der Waals surface area contributed by atoms with Crippen LogP contribution in [0.2, 0.25) is 5.15 Å². The Morgan fingerprint density at radius 1 is 1.32 bits per heavy atom. The summed E-state index contributed by atoms with van der Waals surface area (Å²) in [5, 5.41) is 11.4. The molecule has 0 radical (unpaired) electrons. The van der Waals surface area contributed by atoms with E-state index in [2.05, 4.69) is 9.97 Å². The van der Waals surface area contributed by atoms with Crippen molar-refractivity contribution in [1.29, 1.82) is 0 Å². The zero-order valence-corrected chi connectivity index (χ0v) is 11.5. The van der Waals surface area contributed by atoms with Crippen LogP contribution in [-0.4, -0.2) is 25.2 Å². The number of nitrogens with zero attached hydrogens (tertiary/aromatic N) is 3. The van der Waals surface area contributed by atoms with Crippen molar-refractivity contribution >= 4 is 33.5 Å². The second-order valence-electron chi connectivity index (χ2n) is 5.30. The van der Waals surface area contributed by atoms with Gasteiger partial charge in [-0.2, -0.15) is 0 Å². The maximum Gasteiger partial charge on any atom is 0.157 e. The van der Waals surface area contributed by atoms with Gasteiger partial charge in [0.1, 0.15) is 5.52 Å². The Balaban J connectivity index is 2.36. The van der Waals surface area contributed by atoms with Gasteiger partial charge in [0.25, 0.3) is 0 Å². The predicted molar refractivity (Wildman–Crippen MR) is 76.3 cm³/mol. The first-order valence-corrected chi connectivity index (χ1v) is 6.45. The van der Waals surface area contributed by atoms with Gasteiger partial charge in [-0.25, -0.2) is 9.97 Å². The number of imidazole rings is 1. The molecule has 0 spiro atoms. The average molecular weight is 276 g/mol. The lowest BCUT2D eigenvalue weighted by Crippen LogP contribution is -2.25. The third-order valence-corrected chi connectivity index (χ3v) is 3.23. The van der Waals surface area contributed by atoms with Gasteiger partial charge >= 0.3 is 0 Å². The van der Waals surface area contributed by atoms with Crippen LogP contribution < -0.4 is 0 Å². The monoisotopic (exact) mass is 275 g/mol. The van der Waals surface area contributed by atoms with E-state index in [9.17, 15) is 5.11 Å². The molecule has 0 aliphatic rings. The van der Waals surface area contributed by atoms with Crippen LogP contribution in [0.1, 0.15) is 13.8 Å². The van der Waals surface area contributed by atoms with Gasteiger partial charge in [0.2, 0.25) is 0 Å². The quantitative estimate of drug-likeness (QED) is 0.732. The molecule has 19 heavy (non-hydrogen) atoms. The largest absolute Gasteiger partial charge is 0.389 e. The molecule has 0 fully saturated rings. The highest BCUT2D eigenvalue weighted by atomic mass is 35.5. The Labute approximate surface area is 115 Å². The van der Waals surface area contributed by atoms with Crippen molar-refractivity contribution in [3.63, 3.8) is 0 Å². The van der Waals surface area contributed by atoms with Gasteiger partial charge in [-0.1, -0.05) is 29.8 Å². The minimum absolute atomic E-state index is 0.392. The highest BCUT2D eigenvalue weighted by Crippen LogP contribution is 2.28. The number of hydrogen-bond acceptors (Lipinski definition) is 3. The Kier molecular flexibility index (Phi) is 2.73. The standard InChI is InChI=1S/C14H14ClN3O/c1-14(2,19)7-18-8-16-11-12(18)9-5-3-4-6-10(9)17-13(11)15/h3-6,8,19H,7H2,1-2H3. The maximum absolute atomic E-state index is 9.99. The van der Waals surface area contributed by atoms with Gasteiger partial charge in [0.05, 0.1) is 29.5 Å². The summed E-state index contributed by atoms with van der Waals surface area (Å²) < 4.78 is 1.92. The molecule has 5 heteroatoms. The molecule has 0 aliphatic carbocycles. The molecule has 0 aliphatic heterocycles. The summed E-state index contributed by atoms with van der Waals surface area (Å²) in [4.78, 5) is 8.65. The average Bonchev–Trinajstić information content (AvgIpc) is 2.72. The van der Waals surface area contributed by atoms with E-state index < -0.39 is 5.60 Å². The van der Waals surface area contributed by atoms with Crippen molar-refractivity contribution in [1.82, 2.24) is 14.5 Å². The molecule has 0 saturated heterocycles. The van der Waals surface area contributed by atoms with E-state index in [0.717, 1.165) is 16.4 Å².